The van der Waals surface area contributed by atoms with E-state index >= 15 is 0 Å². The van der Waals surface area contributed by atoms with E-state index in [0.717, 1.165) is 97.5 Å². The minimum absolute atomic E-state index is 0.130. The zero-order chi connectivity index (χ0) is 36.9. The van der Waals surface area contributed by atoms with Gasteiger partial charge in [-0.05, 0) is 67.3 Å². The zero-order valence-electron chi connectivity index (χ0n) is 34.1. The van der Waals surface area contributed by atoms with Gasteiger partial charge in [-0.15, -0.1) is 0 Å². The predicted molar refractivity (Wildman–Crippen MR) is 218 cm³/mol. The highest BCUT2D eigenvalue weighted by molar-refractivity contribution is 5.78. The second-order valence-corrected chi connectivity index (χ2v) is 14.9. The molecule has 0 bridgehead atoms. The molecule has 51 heavy (non-hydrogen) atoms. The molecule has 5 nitrogen and oxygen atoms in total. The molecule has 0 saturated carbocycles. The third-order valence-electron chi connectivity index (χ3n) is 10.6. The summed E-state index contributed by atoms with van der Waals surface area (Å²) in [6, 6.07) is 8.70. The molecule has 292 valence electrons. The first-order valence-electron chi connectivity index (χ1n) is 21.2. The van der Waals surface area contributed by atoms with Crippen molar-refractivity contribution >= 4 is 0 Å². The Bertz CT molecular complexity index is 1140. The summed E-state index contributed by atoms with van der Waals surface area (Å²) in [7, 11) is 6.93. The minimum Gasteiger partial charge on any atom is -0.493 e. The highest BCUT2D eigenvalue weighted by atomic mass is 16.5. The highest BCUT2D eigenvalue weighted by Crippen LogP contribution is 2.44. The first-order chi connectivity index (χ1) is 25.0. The molecular weight excluding hydrogens is 633 g/mol. The Morgan fingerprint density at radius 2 is 0.882 bits per heavy atom. The van der Waals surface area contributed by atoms with Crippen LogP contribution in [0.3, 0.4) is 0 Å². The van der Waals surface area contributed by atoms with Crippen molar-refractivity contribution in [2.45, 2.75) is 193 Å². The van der Waals surface area contributed by atoms with Crippen LogP contribution >= 0.6 is 0 Å². The molecule has 0 aliphatic carbocycles. The summed E-state index contributed by atoms with van der Waals surface area (Å²) in [6.07, 6.45) is 33.4. The van der Waals surface area contributed by atoms with E-state index in [9.17, 15) is 5.11 Å². The lowest BCUT2D eigenvalue weighted by Gasteiger charge is -2.19. The van der Waals surface area contributed by atoms with Crippen LogP contribution in [0.5, 0.6) is 23.0 Å². The van der Waals surface area contributed by atoms with E-state index in [1.165, 1.54) is 121 Å². The fraction of sp³-hybridized carbons (Fsp3) is 0.739. The fourth-order valence-corrected chi connectivity index (χ4v) is 7.53. The number of aliphatic hydroxyl groups is 1. The van der Waals surface area contributed by atoms with E-state index in [2.05, 4.69) is 38.1 Å². The summed E-state index contributed by atoms with van der Waals surface area (Å²) in [5.41, 5.74) is 4.42. The highest BCUT2D eigenvalue weighted by Gasteiger charge is 2.20. The van der Waals surface area contributed by atoms with Crippen molar-refractivity contribution in [1.29, 1.82) is 0 Å². The number of unbranched alkanes of at least 4 members (excludes halogenated alkanes) is 20. The standard InChI is InChI=1S/C46H78O5/c1-7-9-11-13-14-15-16-17-18-19-20-23-26-30-38-34-35-42(46(51-6)45(38)50-5)40-36-39(44(49-4)43(37-40)48-3)31-27-24-21-25-29-33-41(47)32-28-22-12-10-8-2/h34-37,41,47H,7-33H2,1-6H3/t41-/m1/s1. The fourth-order valence-electron chi connectivity index (χ4n) is 7.53. The number of ether oxygens (including phenoxy) is 4. The van der Waals surface area contributed by atoms with Gasteiger partial charge in [0.25, 0.3) is 0 Å². The van der Waals surface area contributed by atoms with Gasteiger partial charge in [0.15, 0.2) is 23.0 Å². The minimum atomic E-state index is -0.130. The molecule has 0 saturated heterocycles. The molecule has 0 aliphatic heterocycles. The van der Waals surface area contributed by atoms with Gasteiger partial charge in [-0.25, -0.2) is 0 Å². The van der Waals surface area contributed by atoms with Crippen molar-refractivity contribution in [3.05, 3.63) is 35.4 Å². The van der Waals surface area contributed by atoms with Gasteiger partial charge in [-0.3, -0.25) is 0 Å². The van der Waals surface area contributed by atoms with Gasteiger partial charge >= 0.3 is 0 Å². The Morgan fingerprint density at radius 1 is 0.451 bits per heavy atom. The first kappa shape index (κ1) is 44.8. The van der Waals surface area contributed by atoms with E-state index < -0.39 is 0 Å². The Balaban J connectivity index is 1.89. The second kappa shape index (κ2) is 29.1. The van der Waals surface area contributed by atoms with Crippen LogP contribution in [0.4, 0.5) is 0 Å². The lowest BCUT2D eigenvalue weighted by Crippen LogP contribution is -2.05. The molecule has 0 unspecified atom stereocenters. The number of methoxy groups -OCH3 is 4. The Hall–Kier alpha value is -2.40. The number of hydrogen-bond donors (Lipinski definition) is 1. The lowest BCUT2D eigenvalue weighted by molar-refractivity contribution is 0.147. The molecule has 2 aromatic carbocycles. The largest absolute Gasteiger partial charge is 0.493 e. The molecule has 2 aromatic rings. The Kier molecular flexibility index (Phi) is 25.5. The van der Waals surface area contributed by atoms with E-state index in [1.807, 2.05) is 0 Å². The molecule has 0 fully saturated rings. The Morgan fingerprint density at radius 3 is 1.33 bits per heavy atom. The summed E-state index contributed by atoms with van der Waals surface area (Å²) in [5.74, 6) is 3.18. The van der Waals surface area contributed by atoms with Gasteiger partial charge in [0.2, 0.25) is 0 Å². The van der Waals surface area contributed by atoms with Gasteiger partial charge in [0, 0.05) is 5.56 Å². The van der Waals surface area contributed by atoms with Crippen molar-refractivity contribution in [2.75, 3.05) is 28.4 Å². The second-order valence-electron chi connectivity index (χ2n) is 14.9. The van der Waals surface area contributed by atoms with Gasteiger partial charge < -0.3 is 24.1 Å². The molecule has 1 N–H and O–H groups in total. The third-order valence-corrected chi connectivity index (χ3v) is 10.6. The molecule has 5 heteroatoms. The maximum Gasteiger partial charge on any atom is 0.168 e. The predicted octanol–water partition coefficient (Wildman–Crippen LogP) is 13.6. The summed E-state index contributed by atoms with van der Waals surface area (Å²) in [6.45, 7) is 4.53. The maximum atomic E-state index is 10.3. The quantitative estimate of drug-likeness (QED) is 0.0747. The molecule has 2 rings (SSSR count). The molecule has 0 heterocycles. The third kappa shape index (κ3) is 17.8. The van der Waals surface area contributed by atoms with Crippen LogP contribution in [0, 0.1) is 0 Å². The van der Waals surface area contributed by atoms with Crippen molar-refractivity contribution in [3.63, 3.8) is 0 Å². The van der Waals surface area contributed by atoms with Crippen molar-refractivity contribution in [1.82, 2.24) is 0 Å². The van der Waals surface area contributed by atoms with Crippen molar-refractivity contribution in [2.24, 2.45) is 0 Å². The summed E-state index contributed by atoms with van der Waals surface area (Å²) in [4.78, 5) is 0. The Labute approximate surface area is 314 Å². The molecule has 1 atom stereocenters. The number of aliphatic hydroxyl groups excluding tert-OH is 1. The van der Waals surface area contributed by atoms with Gasteiger partial charge in [-0.2, -0.15) is 0 Å². The van der Waals surface area contributed by atoms with E-state index in [4.69, 9.17) is 18.9 Å². The van der Waals surface area contributed by atoms with Crippen molar-refractivity contribution in [3.8, 4) is 34.1 Å². The summed E-state index contributed by atoms with van der Waals surface area (Å²) >= 11 is 0. The average Bonchev–Trinajstić information content (AvgIpc) is 3.15. The van der Waals surface area contributed by atoms with Crippen LogP contribution in [-0.2, 0) is 12.8 Å². The average molecular weight is 711 g/mol. The SMILES string of the molecule is CCCCCCCCCCCCCCCc1ccc(-c2cc(CCCCCCC[C@H](O)CCCCCCC)c(OC)c(OC)c2)c(OC)c1OC. The van der Waals surface area contributed by atoms with Crippen LogP contribution in [0.25, 0.3) is 11.1 Å². The molecule has 0 aromatic heterocycles. The number of aryl methyl sites for hydroxylation is 2. The number of rotatable bonds is 33. The molecule has 0 spiro atoms. The van der Waals surface area contributed by atoms with Gasteiger partial charge in [0.05, 0.1) is 34.5 Å². The number of hydrogen-bond acceptors (Lipinski definition) is 5. The molecule has 0 amide bonds. The summed E-state index contributed by atoms with van der Waals surface area (Å²) in [5, 5.41) is 10.3. The molecular formula is C46H78O5. The molecule has 0 radical (unpaired) electrons. The van der Waals surface area contributed by atoms with Crippen LogP contribution < -0.4 is 18.9 Å². The lowest BCUT2D eigenvalue weighted by atomic mass is 9.95. The monoisotopic (exact) mass is 711 g/mol. The first-order valence-corrected chi connectivity index (χ1v) is 21.2. The van der Waals surface area contributed by atoms with E-state index in [1.54, 1.807) is 28.4 Å². The van der Waals surface area contributed by atoms with Crippen LogP contribution in [-0.4, -0.2) is 39.6 Å². The van der Waals surface area contributed by atoms with Crippen molar-refractivity contribution < 1.29 is 24.1 Å². The van der Waals surface area contributed by atoms with E-state index in [-0.39, 0.29) is 6.10 Å². The zero-order valence-corrected chi connectivity index (χ0v) is 34.1. The van der Waals surface area contributed by atoms with Gasteiger partial charge in [0.1, 0.15) is 0 Å². The number of benzene rings is 2. The van der Waals surface area contributed by atoms with Crippen LogP contribution in [0.2, 0.25) is 0 Å². The summed E-state index contributed by atoms with van der Waals surface area (Å²) < 4.78 is 23.7. The maximum absolute atomic E-state index is 10.3. The van der Waals surface area contributed by atoms with Gasteiger partial charge in [-0.1, -0.05) is 161 Å². The topological polar surface area (TPSA) is 57.2 Å². The van der Waals surface area contributed by atoms with Crippen LogP contribution in [0.15, 0.2) is 24.3 Å². The van der Waals surface area contributed by atoms with E-state index in [0.29, 0.717) is 0 Å². The molecule has 0 aliphatic rings. The smallest absolute Gasteiger partial charge is 0.168 e. The van der Waals surface area contributed by atoms with Crippen LogP contribution in [0.1, 0.15) is 185 Å². The normalized spacial score (nSPS) is 11.9.